The van der Waals surface area contributed by atoms with Crippen molar-refractivity contribution in [1.82, 2.24) is 10.1 Å². The lowest BCUT2D eigenvalue weighted by atomic mass is 10.1. The van der Waals surface area contributed by atoms with Crippen LogP contribution in [0.5, 0.6) is 0 Å². The van der Waals surface area contributed by atoms with E-state index < -0.39 is 15.3 Å². The molecule has 0 bridgehead atoms. The van der Waals surface area contributed by atoms with E-state index >= 15 is 0 Å². The number of rotatable bonds is 4. The summed E-state index contributed by atoms with van der Waals surface area (Å²) in [5, 5.41) is 3.80. The van der Waals surface area contributed by atoms with Crippen LogP contribution in [-0.4, -0.2) is 30.4 Å². The molecular weight excluding hydrogens is 326 g/mol. The molecule has 0 unspecified atom stereocenters. The third-order valence-electron chi connectivity index (χ3n) is 3.42. The Hall–Kier alpha value is -1.45. The number of hydrogen-bond acceptors (Lipinski definition) is 7. The average molecular weight is 343 g/mol. The van der Waals surface area contributed by atoms with Gasteiger partial charge in [-0.2, -0.15) is 4.98 Å². The maximum atomic E-state index is 12.2. The van der Waals surface area contributed by atoms with Crippen LogP contribution in [0.4, 0.5) is 5.00 Å². The van der Waals surface area contributed by atoms with Crippen LogP contribution in [0.1, 0.15) is 30.1 Å². The minimum absolute atomic E-state index is 0.346. The predicted octanol–water partition coefficient (Wildman–Crippen LogP) is 2.33. The molecule has 0 aliphatic carbocycles. The van der Waals surface area contributed by atoms with Gasteiger partial charge in [0, 0.05) is 4.88 Å². The lowest BCUT2D eigenvalue weighted by Crippen LogP contribution is -2.22. The number of aromatic nitrogens is 2. The first kappa shape index (κ1) is 15.4. The van der Waals surface area contributed by atoms with Gasteiger partial charge in [0.15, 0.2) is 5.82 Å². The molecule has 7 nitrogen and oxygen atoms in total. The van der Waals surface area contributed by atoms with Crippen molar-refractivity contribution in [3.8, 4) is 11.5 Å². The van der Waals surface area contributed by atoms with Gasteiger partial charge in [0.1, 0.15) is 5.00 Å². The molecule has 1 N–H and O–H groups in total. The van der Waals surface area contributed by atoms with E-state index in [-0.39, 0.29) is 0 Å². The summed E-state index contributed by atoms with van der Waals surface area (Å²) in [4.78, 5) is 5.25. The summed E-state index contributed by atoms with van der Waals surface area (Å²) >= 11 is 1.37. The van der Waals surface area contributed by atoms with Crippen molar-refractivity contribution in [2.24, 2.45) is 0 Å². The topological polar surface area (TPSA) is 94.3 Å². The monoisotopic (exact) mass is 343 g/mol. The van der Waals surface area contributed by atoms with Crippen molar-refractivity contribution >= 4 is 26.4 Å². The van der Waals surface area contributed by atoms with Crippen LogP contribution < -0.4 is 4.72 Å². The molecule has 0 radical (unpaired) electrons. The summed E-state index contributed by atoms with van der Waals surface area (Å²) in [7, 11) is -3.44. The van der Waals surface area contributed by atoms with E-state index in [1.165, 1.54) is 11.3 Å². The molecule has 0 spiro atoms. The fraction of sp³-hybridized carbons (Fsp3) is 0.538. The Bertz CT molecular complexity index is 792. The van der Waals surface area contributed by atoms with Gasteiger partial charge in [-0.3, -0.25) is 4.72 Å². The fourth-order valence-electron chi connectivity index (χ4n) is 2.18. The SMILES string of the molecule is Cc1noc(-c2c(NS(=O)(=O)C(C)C)sc3c2CCOC3)n1. The van der Waals surface area contributed by atoms with Gasteiger partial charge >= 0.3 is 0 Å². The molecule has 3 rings (SSSR count). The van der Waals surface area contributed by atoms with E-state index in [4.69, 9.17) is 9.26 Å². The molecule has 2 aromatic rings. The summed E-state index contributed by atoms with van der Waals surface area (Å²) in [6, 6.07) is 0. The third-order valence-corrected chi connectivity index (χ3v) is 6.40. The van der Waals surface area contributed by atoms with Crippen LogP contribution in [0.3, 0.4) is 0 Å². The summed E-state index contributed by atoms with van der Waals surface area (Å²) in [5.41, 5.74) is 1.72. The Labute approximate surface area is 132 Å². The van der Waals surface area contributed by atoms with Gasteiger partial charge in [-0.05, 0) is 32.8 Å². The van der Waals surface area contributed by atoms with E-state index in [1.807, 2.05) is 0 Å². The highest BCUT2D eigenvalue weighted by Crippen LogP contribution is 2.43. The number of hydrogen-bond donors (Lipinski definition) is 1. The molecule has 0 amide bonds. The van der Waals surface area contributed by atoms with E-state index in [2.05, 4.69) is 14.9 Å². The standard InChI is InChI=1S/C13H17N3O4S2/c1-7(2)22(17,18)16-13-11(12-14-8(3)15-20-12)9-4-5-19-6-10(9)21-13/h7,16H,4-6H2,1-3H3. The molecule has 2 aromatic heterocycles. The summed E-state index contributed by atoms with van der Waals surface area (Å²) in [6.45, 7) is 6.07. The van der Waals surface area contributed by atoms with Crippen molar-refractivity contribution < 1.29 is 17.7 Å². The minimum Gasteiger partial charge on any atom is -0.376 e. The Morgan fingerprint density at radius 3 is 2.77 bits per heavy atom. The van der Waals surface area contributed by atoms with E-state index in [0.29, 0.717) is 41.9 Å². The first-order valence-electron chi connectivity index (χ1n) is 6.93. The molecule has 0 aromatic carbocycles. The van der Waals surface area contributed by atoms with Gasteiger partial charge < -0.3 is 9.26 Å². The summed E-state index contributed by atoms with van der Waals surface area (Å²) in [6.07, 6.45) is 0.700. The molecule has 0 fully saturated rings. The van der Waals surface area contributed by atoms with Crippen LogP contribution in [-0.2, 0) is 27.8 Å². The number of nitrogens with one attached hydrogen (secondary N) is 1. The molecule has 0 atom stereocenters. The van der Waals surface area contributed by atoms with Crippen molar-refractivity contribution in [3.63, 3.8) is 0 Å². The highest BCUT2D eigenvalue weighted by molar-refractivity contribution is 7.93. The number of nitrogens with zero attached hydrogens (tertiary/aromatic N) is 2. The second kappa shape index (κ2) is 5.64. The molecule has 0 saturated heterocycles. The van der Waals surface area contributed by atoms with Crippen LogP contribution in [0.2, 0.25) is 0 Å². The second-order valence-electron chi connectivity index (χ2n) is 5.35. The van der Waals surface area contributed by atoms with Crippen LogP contribution in [0, 0.1) is 6.92 Å². The Kier molecular flexibility index (Phi) is 3.96. The van der Waals surface area contributed by atoms with Crippen molar-refractivity contribution in [2.45, 2.75) is 39.0 Å². The molecular formula is C13H17N3O4S2. The average Bonchev–Trinajstić information content (AvgIpc) is 3.00. The smallest absolute Gasteiger partial charge is 0.261 e. The van der Waals surface area contributed by atoms with Crippen molar-refractivity contribution in [2.75, 3.05) is 11.3 Å². The van der Waals surface area contributed by atoms with Crippen molar-refractivity contribution in [1.29, 1.82) is 0 Å². The molecule has 3 heterocycles. The van der Waals surface area contributed by atoms with E-state index in [0.717, 1.165) is 10.4 Å². The quantitative estimate of drug-likeness (QED) is 0.915. The molecule has 9 heteroatoms. The van der Waals surface area contributed by atoms with E-state index in [1.54, 1.807) is 20.8 Å². The number of sulfonamides is 1. The van der Waals surface area contributed by atoms with Gasteiger partial charge in [0.05, 0.1) is 24.0 Å². The Balaban J connectivity index is 2.11. The van der Waals surface area contributed by atoms with Crippen LogP contribution in [0.25, 0.3) is 11.5 Å². The zero-order valence-electron chi connectivity index (χ0n) is 12.5. The Morgan fingerprint density at radius 2 is 2.14 bits per heavy atom. The molecule has 1 aliphatic heterocycles. The molecule has 120 valence electrons. The summed E-state index contributed by atoms with van der Waals surface area (Å²) in [5.74, 6) is 0.859. The van der Waals surface area contributed by atoms with Gasteiger partial charge in [0.2, 0.25) is 10.0 Å². The van der Waals surface area contributed by atoms with Crippen molar-refractivity contribution in [3.05, 3.63) is 16.3 Å². The number of fused-ring (bicyclic) bond motifs is 1. The molecule has 22 heavy (non-hydrogen) atoms. The first-order valence-corrected chi connectivity index (χ1v) is 9.29. The number of thiophene rings is 1. The van der Waals surface area contributed by atoms with Crippen LogP contribution >= 0.6 is 11.3 Å². The van der Waals surface area contributed by atoms with Gasteiger partial charge in [-0.1, -0.05) is 5.16 Å². The maximum absolute atomic E-state index is 12.2. The molecule has 0 saturated carbocycles. The van der Waals surface area contributed by atoms with Gasteiger partial charge in [-0.15, -0.1) is 11.3 Å². The lowest BCUT2D eigenvalue weighted by molar-refractivity contribution is 0.113. The number of aryl methyl sites for hydroxylation is 1. The zero-order chi connectivity index (χ0) is 15.9. The highest BCUT2D eigenvalue weighted by Gasteiger charge is 2.28. The largest absolute Gasteiger partial charge is 0.376 e. The molecule has 1 aliphatic rings. The second-order valence-corrected chi connectivity index (χ2v) is 8.70. The van der Waals surface area contributed by atoms with Crippen LogP contribution in [0.15, 0.2) is 4.52 Å². The predicted molar refractivity (Wildman–Crippen MR) is 83.4 cm³/mol. The van der Waals surface area contributed by atoms with E-state index in [9.17, 15) is 8.42 Å². The summed E-state index contributed by atoms with van der Waals surface area (Å²) < 4.78 is 37.8. The fourth-order valence-corrected chi connectivity index (χ4v) is 4.32. The Morgan fingerprint density at radius 1 is 1.36 bits per heavy atom. The van der Waals surface area contributed by atoms with Gasteiger partial charge in [-0.25, -0.2) is 8.42 Å². The highest BCUT2D eigenvalue weighted by atomic mass is 32.2. The number of anilines is 1. The third kappa shape index (κ3) is 2.75. The first-order chi connectivity index (χ1) is 10.4. The minimum atomic E-state index is -3.44. The maximum Gasteiger partial charge on any atom is 0.261 e. The zero-order valence-corrected chi connectivity index (χ0v) is 14.2. The van der Waals surface area contributed by atoms with Gasteiger partial charge in [0.25, 0.3) is 5.89 Å². The normalized spacial score (nSPS) is 15.1. The number of ether oxygens (including phenoxy) is 1. The lowest BCUT2D eigenvalue weighted by Gasteiger charge is -2.12.